The van der Waals surface area contributed by atoms with Gasteiger partial charge in [0, 0.05) is 0 Å². The average molecular weight is 179 g/mol. The molecule has 0 aromatic heterocycles. The molecule has 0 aliphatic heterocycles. The molecule has 10 heavy (non-hydrogen) atoms. The van der Waals surface area contributed by atoms with Crippen molar-refractivity contribution in [3.05, 3.63) is 0 Å². The van der Waals surface area contributed by atoms with Gasteiger partial charge in [-0.1, -0.05) is 0 Å². The van der Waals surface area contributed by atoms with E-state index in [9.17, 15) is 8.42 Å². The van der Waals surface area contributed by atoms with E-state index in [4.69, 9.17) is 5.11 Å². The summed E-state index contributed by atoms with van der Waals surface area (Å²) in [5, 5.41) is 8.50. The summed E-state index contributed by atoms with van der Waals surface area (Å²) in [7, 11) is -3.69. The van der Waals surface area contributed by atoms with Crippen LogP contribution < -0.4 is 5.90 Å². The van der Waals surface area contributed by atoms with Crippen LogP contribution in [0, 0.1) is 0 Å². The molecule has 0 amide bonds. The van der Waals surface area contributed by atoms with Crippen molar-refractivity contribution in [1.29, 1.82) is 0 Å². The molecule has 5 nitrogen and oxygen atoms in total. The normalized spacial score (nSPS) is 13.9. The molecule has 0 fully saturated rings. The van der Waals surface area contributed by atoms with Crippen LogP contribution in [0.25, 0.3) is 0 Å². The van der Waals surface area contributed by atoms with Crippen molar-refractivity contribution >= 4 is 39.7 Å². The van der Waals surface area contributed by atoms with Gasteiger partial charge in [0.15, 0.2) is 0 Å². The molecule has 0 aromatic rings. The Morgan fingerprint density at radius 2 is 2.10 bits per heavy atom. The Labute approximate surface area is 81.9 Å². The van der Waals surface area contributed by atoms with E-state index in [2.05, 4.69) is 10.2 Å². The van der Waals surface area contributed by atoms with Crippen LogP contribution in [0.3, 0.4) is 0 Å². The van der Waals surface area contributed by atoms with Crippen LogP contribution in [0.1, 0.15) is 6.92 Å². The van der Waals surface area contributed by atoms with Gasteiger partial charge in [-0.15, -0.1) is 0 Å². The van der Waals surface area contributed by atoms with Crippen molar-refractivity contribution in [3.8, 4) is 0 Å². The topological polar surface area (TPSA) is 89.6 Å². The van der Waals surface area contributed by atoms with E-state index in [0.29, 0.717) is 0 Å². The second-order valence-electron chi connectivity index (χ2n) is 1.67. The number of hydrogen-bond donors (Lipinski definition) is 2. The summed E-state index contributed by atoms with van der Waals surface area (Å²) < 4.78 is 24.2. The summed E-state index contributed by atoms with van der Waals surface area (Å²) in [5.74, 6) is 3.89. The first kappa shape index (κ1) is 13.4. The molecule has 1 unspecified atom stereocenters. The fourth-order valence-electron chi connectivity index (χ4n) is 0.335. The molecule has 0 aromatic carbocycles. The maximum absolute atomic E-state index is 10.3. The van der Waals surface area contributed by atoms with Crippen LogP contribution in [0.5, 0.6) is 0 Å². The number of nitrogens with two attached hydrogens (primary N) is 1. The first-order valence-electron chi connectivity index (χ1n) is 2.27. The SMILES string of the molecule is CC(O)CS(=O)(=O)ON.[NaH]. The molecular formula is C3H10NNaO4S. The van der Waals surface area contributed by atoms with Crippen LogP contribution in [0.15, 0.2) is 0 Å². The molecule has 0 saturated carbocycles. The second-order valence-corrected chi connectivity index (χ2v) is 3.31. The van der Waals surface area contributed by atoms with E-state index in [0.717, 1.165) is 0 Å². The van der Waals surface area contributed by atoms with E-state index in [1.54, 1.807) is 0 Å². The molecule has 7 heteroatoms. The first-order chi connectivity index (χ1) is 3.98. The Hall–Kier alpha value is 0.830. The standard InChI is InChI=1S/C3H9NO4S.Na.H/c1-3(5)2-9(6,7)8-4;;/h3,5H,2,4H2,1H3;;. The molecule has 3 N–H and O–H groups in total. The third kappa shape index (κ3) is 6.94. The van der Waals surface area contributed by atoms with Gasteiger partial charge >= 0.3 is 29.6 Å². The van der Waals surface area contributed by atoms with Gasteiger partial charge in [0.25, 0.3) is 10.1 Å². The average Bonchev–Trinajstić information content (AvgIpc) is 1.63. The van der Waals surface area contributed by atoms with E-state index in [-0.39, 0.29) is 29.6 Å². The summed E-state index contributed by atoms with van der Waals surface area (Å²) in [6.07, 6.45) is -0.946. The zero-order valence-electron chi connectivity index (χ0n) is 4.94. The van der Waals surface area contributed by atoms with E-state index < -0.39 is 22.0 Å². The van der Waals surface area contributed by atoms with Crippen molar-refractivity contribution in [2.45, 2.75) is 13.0 Å². The molecule has 0 aliphatic carbocycles. The number of hydrogen-bond acceptors (Lipinski definition) is 5. The van der Waals surface area contributed by atoms with Crippen LogP contribution in [0.4, 0.5) is 0 Å². The van der Waals surface area contributed by atoms with E-state index in [1.807, 2.05) is 0 Å². The zero-order chi connectivity index (χ0) is 7.49. The third-order valence-corrected chi connectivity index (χ3v) is 1.78. The Morgan fingerprint density at radius 3 is 2.20 bits per heavy atom. The van der Waals surface area contributed by atoms with Gasteiger partial charge in [-0.05, 0) is 6.92 Å². The molecule has 58 valence electrons. The monoisotopic (exact) mass is 179 g/mol. The summed E-state index contributed by atoms with van der Waals surface area (Å²) in [6, 6.07) is 0. The molecule has 0 spiro atoms. The molecule has 0 saturated heterocycles. The minimum absolute atomic E-state index is 0. The predicted octanol–water partition coefficient (Wildman–Crippen LogP) is -2.06. The van der Waals surface area contributed by atoms with Crippen molar-refractivity contribution in [3.63, 3.8) is 0 Å². The maximum atomic E-state index is 10.3. The van der Waals surface area contributed by atoms with Crippen molar-refractivity contribution in [1.82, 2.24) is 0 Å². The molecular weight excluding hydrogens is 169 g/mol. The van der Waals surface area contributed by atoms with Crippen molar-refractivity contribution in [2.75, 3.05) is 5.75 Å². The minimum atomic E-state index is -3.69. The van der Waals surface area contributed by atoms with Gasteiger partial charge in [0.05, 0.1) is 6.10 Å². The number of rotatable bonds is 3. The Bertz CT molecular complexity index is 165. The second kappa shape index (κ2) is 5.48. The summed E-state index contributed by atoms with van der Waals surface area (Å²) >= 11 is 0. The molecule has 0 heterocycles. The Balaban J connectivity index is 0. The zero-order valence-corrected chi connectivity index (χ0v) is 5.76. The van der Waals surface area contributed by atoms with E-state index >= 15 is 0 Å². The molecule has 0 radical (unpaired) electrons. The van der Waals surface area contributed by atoms with Gasteiger partial charge in [0.2, 0.25) is 0 Å². The van der Waals surface area contributed by atoms with Gasteiger partial charge in [-0.25, -0.2) is 0 Å². The van der Waals surface area contributed by atoms with Gasteiger partial charge < -0.3 is 5.11 Å². The van der Waals surface area contributed by atoms with Crippen LogP contribution in [-0.4, -0.2) is 54.9 Å². The quantitative estimate of drug-likeness (QED) is 0.384. The third-order valence-electron chi connectivity index (χ3n) is 0.592. The summed E-state index contributed by atoms with van der Waals surface area (Å²) in [6.45, 7) is 1.33. The molecule has 0 aliphatic rings. The van der Waals surface area contributed by atoms with Crippen molar-refractivity contribution in [2.24, 2.45) is 5.90 Å². The van der Waals surface area contributed by atoms with Crippen LogP contribution in [0.2, 0.25) is 0 Å². The first-order valence-corrected chi connectivity index (χ1v) is 3.85. The van der Waals surface area contributed by atoms with Gasteiger partial charge in [-0.2, -0.15) is 18.6 Å². The number of aliphatic hydroxyl groups is 1. The fourth-order valence-corrected chi connectivity index (χ4v) is 1.00. The Morgan fingerprint density at radius 1 is 1.70 bits per heavy atom. The van der Waals surface area contributed by atoms with Crippen molar-refractivity contribution < 1.29 is 17.8 Å². The van der Waals surface area contributed by atoms with Crippen LogP contribution >= 0.6 is 0 Å². The summed E-state index contributed by atoms with van der Waals surface area (Å²) in [4.78, 5) is 0. The fraction of sp³-hybridized carbons (Fsp3) is 1.00. The summed E-state index contributed by atoms with van der Waals surface area (Å²) in [5.41, 5.74) is 0. The predicted molar refractivity (Wildman–Crippen MR) is 37.9 cm³/mol. The molecule has 0 bridgehead atoms. The van der Waals surface area contributed by atoms with E-state index in [1.165, 1.54) is 6.92 Å². The molecule has 1 atom stereocenters. The van der Waals surface area contributed by atoms with Crippen LogP contribution in [-0.2, 0) is 14.4 Å². The van der Waals surface area contributed by atoms with Gasteiger partial charge in [-0.3, -0.25) is 0 Å². The Kier molecular flexibility index (Phi) is 7.35. The van der Waals surface area contributed by atoms with Gasteiger partial charge in [0.1, 0.15) is 5.75 Å². The molecule has 0 rings (SSSR count). The number of aliphatic hydroxyl groups excluding tert-OH is 1.